The molecule has 0 amide bonds. The van der Waals surface area contributed by atoms with Crippen molar-refractivity contribution in [1.29, 1.82) is 0 Å². The van der Waals surface area contributed by atoms with Gasteiger partial charge in [-0.05, 0) is 93.9 Å². The van der Waals surface area contributed by atoms with E-state index in [4.69, 9.17) is 24.7 Å². The summed E-state index contributed by atoms with van der Waals surface area (Å²) in [7, 11) is 5.82. The van der Waals surface area contributed by atoms with Gasteiger partial charge in [-0.1, -0.05) is 20.8 Å². The van der Waals surface area contributed by atoms with E-state index in [2.05, 4.69) is 4.90 Å². The molecular weight excluding hydrogens is 582 g/mol. The molecule has 0 unspecified atom stereocenters. The van der Waals surface area contributed by atoms with Crippen molar-refractivity contribution in [2.75, 3.05) is 40.8 Å². The minimum Gasteiger partial charge on any atom is -0.459 e. The van der Waals surface area contributed by atoms with Gasteiger partial charge < -0.3 is 54.9 Å². The first-order valence-electron chi connectivity index (χ1n) is 16.8. The van der Waals surface area contributed by atoms with Gasteiger partial charge in [-0.15, -0.1) is 0 Å². The number of likely N-dealkylation sites (N-methyl/N-ethyl adjacent to an activating group) is 2. The summed E-state index contributed by atoms with van der Waals surface area (Å²) in [5.74, 6) is -2.57. The molecule has 0 aromatic heterocycles. The monoisotopic (exact) mass is 647 g/mol. The molecule has 0 saturated carbocycles. The van der Waals surface area contributed by atoms with E-state index in [1.807, 2.05) is 46.8 Å². The fourth-order valence-electron chi connectivity index (χ4n) is 7.21. The van der Waals surface area contributed by atoms with Gasteiger partial charge in [0.15, 0.2) is 6.29 Å². The fraction of sp³-hybridized carbons (Fsp3) is 0.970. The first-order valence-corrected chi connectivity index (χ1v) is 16.8. The maximum absolute atomic E-state index is 13.4. The van der Waals surface area contributed by atoms with E-state index >= 15 is 0 Å². The second kappa shape index (κ2) is 16.9. The third-order valence-electron chi connectivity index (χ3n) is 10.1. The zero-order chi connectivity index (χ0) is 34.4. The Labute approximate surface area is 271 Å². The molecule has 6 N–H and O–H groups in total. The summed E-state index contributed by atoms with van der Waals surface area (Å²) in [6, 6.07) is -0.525. The van der Waals surface area contributed by atoms with Crippen LogP contribution in [0.25, 0.3) is 0 Å². The van der Waals surface area contributed by atoms with Crippen LogP contribution in [0, 0.1) is 17.8 Å². The van der Waals surface area contributed by atoms with Crippen molar-refractivity contribution in [3.63, 3.8) is 0 Å². The summed E-state index contributed by atoms with van der Waals surface area (Å²) in [6.45, 7) is 15.4. The van der Waals surface area contributed by atoms with Crippen molar-refractivity contribution in [3.8, 4) is 0 Å². The number of aliphatic hydroxyl groups excluding tert-OH is 2. The zero-order valence-electron chi connectivity index (χ0n) is 29.7. The van der Waals surface area contributed by atoms with Gasteiger partial charge in [-0.2, -0.15) is 0 Å². The molecule has 0 spiro atoms. The smallest absolute Gasteiger partial charge is 0.311 e. The van der Waals surface area contributed by atoms with Crippen LogP contribution in [0.15, 0.2) is 0 Å². The van der Waals surface area contributed by atoms with Gasteiger partial charge in [-0.25, -0.2) is 0 Å². The average molecular weight is 648 g/mol. The Morgan fingerprint density at radius 3 is 2.29 bits per heavy atom. The van der Waals surface area contributed by atoms with Gasteiger partial charge in [-0.3, -0.25) is 4.79 Å². The van der Waals surface area contributed by atoms with E-state index in [9.17, 15) is 25.2 Å². The number of nitrogens with two attached hydrogens (primary N) is 1. The highest BCUT2D eigenvalue weighted by atomic mass is 16.7. The van der Waals surface area contributed by atoms with Crippen molar-refractivity contribution < 1.29 is 44.2 Å². The number of ether oxygens (including phenoxy) is 4. The molecule has 0 aromatic carbocycles. The predicted molar refractivity (Wildman–Crippen MR) is 172 cm³/mol. The van der Waals surface area contributed by atoms with Crippen LogP contribution in [0.1, 0.15) is 81.1 Å². The highest BCUT2D eigenvalue weighted by Crippen LogP contribution is 2.37. The summed E-state index contributed by atoms with van der Waals surface area (Å²) in [5.41, 5.74) is 2.53. The number of nitrogens with zero attached hydrogens (tertiary/aromatic N) is 2. The summed E-state index contributed by atoms with van der Waals surface area (Å²) >= 11 is 0. The van der Waals surface area contributed by atoms with E-state index in [1.54, 1.807) is 27.7 Å². The van der Waals surface area contributed by atoms with E-state index in [1.165, 1.54) is 6.92 Å². The average Bonchev–Trinajstić information content (AvgIpc) is 2.95. The minimum atomic E-state index is -1.74. The maximum atomic E-state index is 13.4. The number of hydrogen-bond donors (Lipinski definition) is 5. The van der Waals surface area contributed by atoms with Crippen LogP contribution in [0.5, 0.6) is 0 Å². The lowest BCUT2D eigenvalue weighted by Gasteiger charge is -2.48. The molecule has 45 heavy (non-hydrogen) atoms. The topological polar surface area (TPSA) is 167 Å². The number of carbonyl (C=O) groups excluding carboxylic acids is 1. The van der Waals surface area contributed by atoms with Crippen molar-refractivity contribution in [2.45, 2.75) is 147 Å². The number of cyclic esters (lactones) is 1. The molecule has 2 saturated heterocycles. The molecule has 12 nitrogen and oxygen atoms in total. The van der Waals surface area contributed by atoms with Crippen LogP contribution in [0.3, 0.4) is 0 Å². The normalized spacial score (nSPS) is 45.1. The standard InChI is InChI=1S/C33H65N3O9/c1-12-25-33(8,41)28(38)23(6)36(11)18-19(2)17-32(7,40)29(21(4)26(37)22(5)30(39)44-25)45-31-27(42-15-13-14-34)24(35(9)10)16-20(3)43-31/h19-29,31,37-38,40-41H,12-18,34H2,1-11H3/t19-,20-,21+,22-,23-,24+,25-,26+,27-,28-,29-,31+,32-,33-/m1/s1. The first kappa shape index (κ1) is 40.2. The highest BCUT2D eigenvalue weighted by molar-refractivity contribution is 5.73. The molecule has 2 fully saturated rings. The molecule has 0 aromatic rings. The first-order chi connectivity index (χ1) is 20.8. The summed E-state index contributed by atoms with van der Waals surface area (Å²) in [4.78, 5) is 17.5. The quantitative estimate of drug-likeness (QED) is 0.190. The number of aliphatic hydroxyl groups is 4. The van der Waals surface area contributed by atoms with Crippen LogP contribution in [0.2, 0.25) is 0 Å². The predicted octanol–water partition coefficient (Wildman–Crippen LogP) is 1.35. The SMILES string of the molecule is CC[C@H]1OC(=O)[C@H](C)[C@@H](O)[C@H](C)[C@@H](O[C@@H]2O[C@H](C)C[C@H](N(C)C)[C@H]2OCCCN)[C@](C)(O)C[C@@H](C)CN(C)[C@H](C)[C@@H](O)[C@]1(C)O. The second-order valence-electron chi connectivity index (χ2n) is 14.6. The number of esters is 1. The molecule has 2 aliphatic heterocycles. The van der Waals surface area contributed by atoms with Gasteiger partial charge in [0.25, 0.3) is 0 Å². The Hall–Kier alpha value is -0.930. The van der Waals surface area contributed by atoms with Gasteiger partial charge in [0, 0.05) is 31.2 Å². The molecule has 2 rings (SSSR count). The molecule has 0 aliphatic carbocycles. The van der Waals surface area contributed by atoms with Crippen LogP contribution >= 0.6 is 0 Å². The Bertz CT molecular complexity index is 907. The Morgan fingerprint density at radius 2 is 1.73 bits per heavy atom. The molecule has 2 aliphatic rings. The van der Waals surface area contributed by atoms with Crippen LogP contribution in [-0.2, 0) is 23.7 Å². The van der Waals surface area contributed by atoms with Gasteiger partial charge in [0.05, 0.1) is 29.8 Å². The minimum absolute atomic E-state index is 0.0304. The number of hydrogen-bond acceptors (Lipinski definition) is 12. The Kier molecular flexibility index (Phi) is 15.2. The number of carbonyl (C=O) groups is 1. The third kappa shape index (κ3) is 10.0. The van der Waals surface area contributed by atoms with Crippen molar-refractivity contribution in [1.82, 2.24) is 9.80 Å². The van der Waals surface area contributed by atoms with Crippen molar-refractivity contribution in [2.24, 2.45) is 23.5 Å². The summed E-state index contributed by atoms with van der Waals surface area (Å²) < 4.78 is 25.1. The lowest BCUT2D eigenvalue weighted by atomic mass is 9.78. The molecule has 0 radical (unpaired) electrons. The lowest BCUT2D eigenvalue weighted by molar-refractivity contribution is -0.306. The maximum Gasteiger partial charge on any atom is 0.311 e. The second-order valence-corrected chi connectivity index (χ2v) is 14.6. The van der Waals surface area contributed by atoms with Crippen LogP contribution in [-0.4, -0.2) is 143 Å². The van der Waals surface area contributed by atoms with Crippen LogP contribution < -0.4 is 5.73 Å². The van der Waals surface area contributed by atoms with E-state index < -0.39 is 71.9 Å². The van der Waals surface area contributed by atoms with Gasteiger partial charge >= 0.3 is 5.97 Å². The summed E-state index contributed by atoms with van der Waals surface area (Å²) in [5, 5.41) is 46.5. The summed E-state index contributed by atoms with van der Waals surface area (Å²) in [6.07, 6.45) is -4.05. The third-order valence-corrected chi connectivity index (χ3v) is 10.1. The van der Waals surface area contributed by atoms with E-state index in [0.29, 0.717) is 26.1 Å². The molecule has 266 valence electrons. The van der Waals surface area contributed by atoms with Gasteiger partial charge in [0.1, 0.15) is 23.9 Å². The van der Waals surface area contributed by atoms with Crippen molar-refractivity contribution in [3.05, 3.63) is 0 Å². The Balaban J connectivity index is 2.56. The van der Waals surface area contributed by atoms with Crippen molar-refractivity contribution >= 4 is 5.97 Å². The lowest BCUT2D eigenvalue weighted by Crippen LogP contribution is -2.60. The van der Waals surface area contributed by atoms with Gasteiger partial charge in [0.2, 0.25) is 0 Å². The molecular formula is C33H65N3O9. The molecule has 2 heterocycles. The largest absolute Gasteiger partial charge is 0.459 e. The van der Waals surface area contributed by atoms with E-state index in [0.717, 1.165) is 6.42 Å². The molecule has 12 heteroatoms. The zero-order valence-corrected chi connectivity index (χ0v) is 29.7. The highest BCUT2D eigenvalue weighted by Gasteiger charge is 2.50. The molecule has 14 atom stereocenters. The van der Waals surface area contributed by atoms with E-state index in [-0.39, 0.29) is 30.9 Å². The number of rotatable bonds is 8. The fourth-order valence-corrected chi connectivity index (χ4v) is 7.21. The van der Waals surface area contributed by atoms with Crippen LogP contribution in [0.4, 0.5) is 0 Å². The molecule has 0 bridgehead atoms. The Morgan fingerprint density at radius 1 is 1.11 bits per heavy atom.